The molecule has 0 radical (unpaired) electrons. The molecule has 2 heterocycles. The van der Waals surface area contributed by atoms with E-state index >= 15 is 0 Å². The fourth-order valence-electron chi connectivity index (χ4n) is 3.29. The van der Waals surface area contributed by atoms with E-state index in [0.717, 1.165) is 16.7 Å². The molecule has 1 fully saturated rings. The van der Waals surface area contributed by atoms with E-state index < -0.39 is 0 Å². The van der Waals surface area contributed by atoms with Crippen LogP contribution >= 0.6 is 15.9 Å². The highest BCUT2D eigenvalue weighted by Crippen LogP contribution is 2.22. The van der Waals surface area contributed by atoms with Crippen molar-refractivity contribution >= 4 is 21.6 Å². The Morgan fingerprint density at radius 1 is 1.27 bits per heavy atom. The molecule has 0 bridgehead atoms. The number of pyridine rings is 1. The first kappa shape index (κ1) is 15.7. The Hall–Kier alpha value is -1.20. The number of hydrogen-bond donors (Lipinski definition) is 0. The van der Waals surface area contributed by atoms with Crippen LogP contribution in [-0.4, -0.2) is 27.4 Å². The van der Waals surface area contributed by atoms with Gasteiger partial charge in [0.25, 0.3) is 5.56 Å². The van der Waals surface area contributed by atoms with Gasteiger partial charge in [0.05, 0.1) is 5.69 Å². The van der Waals surface area contributed by atoms with Crippen LogP contribution in [-0.2, 0) is 6.54 Å². The third-order valence-corrected chi connectivity index (χ3v) is 5.01. The van der Waals surface area contributed by atoms with Gasteiger partial charge in [-0.2, -0.15) is 0 Å². The molecule has 0 N–H and O–H groups in total. The second kappa shape index (κ2) is 6.92. The van der Waals surface area contributed by atoms with Crippen molar-refractivity contribution in [2.75, 3.05) is 7.05 Å². The second-order valence-corrected chi connectivity index (χ2v) is 7.14. The Morgan fingerprint density at radius 3 is 2.73 bits per heavy atom. The number of aromatic nitrogens is 2. The summed E-state index contributed by atoms with van der Waals surface area (Å²) in [7, 11) is 2.15. The number of nitrogens with zero attached hydrogens (tertiary/aromatic N) is 3. The van der Waals surface area contributed by atoms with Crippen LogP contribution in [0.5, 0.6) is 0 Å². The molecule has 0 spiro atoms. The van der Waals surface area contributed by atoms with Crippen molar-refractivity contribution in [2.24, 2.45) is 0 Å². The largest absolute Gasteiger partial charge is 0.298 e. The highest BCUT2D eigenvalue weighted by molar-refractivity contribution is 9.10. The summed E-state index contributed by atoms with van der Waals surface area (Å²) >= 11 is 3.39. The lowest BCUT2D eigenvalue weighted by atomic mass is 10.1. The third-order valence-electron chi connectivity index (χ3n) is 4.54. The molecule has 1 saturated carbocycles. The van der Waals surface area contributed by atoms with Gasteiger partial charge in [-0.15, -0.1) is 0 Å². The van der Waals surface area contributed by atoms with Gasteiger partial charge >= 0.3 is 0 Å². The number of fused-ring (bicyclic) bond motifs is 1. The van der Waals surface area contributed by atoms with Crippen molar-refractivity contribution in [3.63, 3.8) is 0 Å². The zero-order valence-electron chi connectivity index (χ0n) is 13.0. The molecule has 5 heteroatoms. The maximum Gasteiger partial charge on any atom is 0.258 e. The summed E-state index contributed by atoms with van der Waals surface area (Å²) in [6, 6.07) is 6.07. The van der Waals surface area contributed by atoms with Gasteiger partial charge in [-0.25, -0.2) is 4.98 Å². The minimum absolute atomic E-state index is 0.0180. The molecule has 0 aromatic carbocycles. The maximum absolute atomic E-state index is 12.2. The smallest absolute Gasteiger partial charge is 0.258 e. The van der Waals surface area contributed by atoms with Crippen LogP contribution in [0.25, 0.3) is 5.65 Å². The fourth-order valence-corrected chi connectivity index (χ4v) is 3.63. The van der Waals surface area contributed by atoms with Crippen LogP contribution < -0.4 is 5.56 Å². The van der Waals surface area contributed by atoms with Crippen LogP contribution in [0.1, 0.15) is 44.2 Å². The van der Waals surface area contributed by atoms with Crippen molar-refractivity contribution in [2.45, 2.75) is 51.1 Å². The van der Waals surface area contributed by atoms with E-state index in [1.54, 1.807) is 16.7 Å². The van der Waals surface area contributed by atoms with Crippen molar-refractivity contribution in [1.82, 2.24) is 14.3 Å². The summed E-state index contributed by atoms with van der Waals surface area (Å²) < 4.78 is 2.46. The monoisotopic (exact) mass is 363 g/mol. The molecule has 0 atom stereocenters. The molecule has 0 saturated heterocycles. The standard InChI is InChI=1S/C17H22BrN3O/c1-20(15-6-4-2-3-5-7-15)12-14-10-17(22)21-11-13(18)8-9-16(21)19-14/h8-11,15H,2-7,12H2,1H3. The first-order chi connectivity index (χ1) is 10.6. The van der Waals surface area contributed by atoms with Crippen LogP contribution in [0.15, 0.2) is 33.7 Å². The van der Waals surface area contributed by atoms with Crippen LogP contribution in [0.2, 0.25) is 0 Å². The molecule has 2 aromatic rings. The van der Waals surface area contributed by atoms with Crippen LogP contribution in [0.3, 0.4) is 0 Å². The summed E-state index contributed by atoms with van der Waals surface area (Å²) in [5.74, 6) is 0. The average molecular weight is 364 g/mol. The first-order valence-corrected chi connectivity index (χ1v) is 8.81. The molecule has 4 nitrogen and oxygen atoms in total. The van der Waals surface area contributed by atoms with E-state index in [2.05, 4.69) is 32.9 Å². The predicted molar refractivity (Wildman–Crippen MR) is 92.1 cm³/mol. The molecular formula is C17H22BrN3O. The Morgan fingerprint density at radius 2 is 2.00 bits per heavy atom. The van der Waals surface area contributed by atoms with Gasteiger partial charge in [0, 0.05) is 29.3 Å². The zero-order chi connectivity index (χ0) is 15.5. The van der Waals surface area contributed by atoms with Crippen molar-refractivity contribution in [3.05, 3.63) is 44.9 Å². The Labute approximate surface area is 139 Å². The van der Waals surface area contributed by atoms with E-state index in [0.29, 0.717) is 11.7 Å². The van der Waals surface area contributed by atoms with Gasteiger partial charge in [-0.05, 0) is 48.0 Å². The molecule has 3 rings (SSSR count). The summed E-state index contributed by atoms with van der Waals surface area (Å²) in [6.45, 7) is 0.743. The third kappa shape index (κ3) is 3.58. The molecule has 1 aliphatic rings. The summed E-state index contributed by atoms with van der Waals surface area (Å²) in [5.41, 5.74) is 1.55. The van der Waals surface area contributed by atoms with Crippen LogP contribution in [0.4, 0.5) is 0 Å². The lowest BCUT2D eigenvalue weighted by molar-refractivity contribution is 0.211. The van der Waals surface area contributed by atoms with Crippen molar-refractivity contribution in [1.29, 1.82) is 0 Å². The van der Waals surface area contributed by atoms with Gasteiger partial charge in [-0.3, -0.25) is 14.1 Å². The Balaban J connectivity index is 1.81. The molecular weight excluding hydrogens is 342 g/mol. The van der Waals surface area contributed by atoms with E-state index in [4.69, 9.17) is 0 Å². The zero-order valence-corrected chi connectivity index (χ0v) is 14.6. The number of rotatable bonds is 3. The first-order valence-electron chi connectivity index (χ1n) is 8.01. The highest BCUT2D eigenvalue weighted by Gasteiger charge is 2.17. The normalized spacial score (nSPS) is 17.0. The summed E-state index contributed by atoms with van der Waals surface area (Å²) in [5, 5.41) is 0. The number of halogens is 1. The molecule has 0 aliphatic heterocycles. The minimum Gasteiger partial charge on any atom is -0.298 e. The van der Waals surface area contributed by atoms with Gasteiger partial charge in [0.1, 0.15) is 5.65 Å². The summed E-state index contributed by atoms with van der Waals surface area (Å²) in [4.78, 5) is 19.2. The summed E-state index contributed by atoms with van der Waals surface area (Å²) in [6.07, 6.45) is 9.63. The second-order valence-electron chi connectivity index (χ2n) is 6.22. The van der Waals surface area contributed by atoms with Gasteiger partial charge < -0.3 is 0 Å². The van der Waals surface area contributed by atoms with E-state index in [9.17, 15) is 4.79 Å². The SMILES string of the molecule is CN(Cc1cc(=O)n2cc(Br)ccc2n1)C1CCCCCC1. The number of hydrogen-bond acceptors (Lipinski definition) is 3. The molecule has 1 aliphatic carbocycles. The topological polar surface area (TPSA) is 37.6 Å². The Bertz CT molecular complexity index is 705. The molecule has 0 amide bonds. The predicted octanol–water partition coefficient (Wildman–Crippen LogP) is 3.61. The lowest BCUT2D eigenvalue weighted by Gasteiger charge is -2.26. The fraction of sp³-hybridized carbons (Fsp3) is 0.529. The average Bonchev–Trinajstić information content (AvgIpc) is 2.77. The van der Waals surface area contributed by atoms with Crippen molar-refractivity contribution < 1.29 is 0 Å². The molecule has 22 heavy (non-hydrogen) atoms. The lowest BCUT2D eigenvalue weighted by Crippen LogP contribution is -2.31. The van der Waals surface area contributed by atoms with E-state index in [1.807, 2.05) is 12.1 Å². The minimum atomic E-state index is -0.0180. The van der Waals surface area contributed by atoms with Crippen molar-refractivity contribution in [3.8, 4) is 0 Å². The highest BCUT2D eigenvalue weighted by atomic mass is 79.9. The van der Waals surface area contributed by atoms with E-state index in [-0.39, 0.29) is 5.56 Å². The molecule has 0 unspecified atom stereocenters. The molecule has 118 valence electrons. The van der Waals surface area contributed by atoms with Gasteiger partial charge in [0.2, 0.25) is 0 Å². The Kier molecular flexibility index (Phi) is 4.93. The molecule has 2 aromatic heterocycles. The van der Waals surface area contributed by atoms with Gasteiger partial charge in [-0.1, -0.05) is 25.7 Å². The van der Waals surface area contributed by atoms with Gasteiger partial charge in [0.15, 0.2) is 0 Å². The quantitative estimate of drug-likeness (QED) is 0.781. The van der Waals surface area contributed by atoms with Crippen LogP contribution in [0, 0.1) is 0 Å². The van der Waals surface area contributed by atoms with E-state index in [1.165, 1.54) is 38.5 Å². The maximum atomic E-state index is 12.2.